The van der Waals surface area contributed by atoms with Gasteiger partial charge in [-0.2, -0.15) is 15.1 Å². The summed E-state index contributed by atoms with van der Waals surface area (Å²) in [5.74, 6) is 1.39. The van der Waals surface area contributed by atoms with E-state index in [4.69, 9.17) is 28.9 Å². The van der Waals surface area contributed by atoms with E-state index >= 15 is 13.2 Å². The van der Waals surface area contributed by atoms with Crippen LogP contribution in [0.3, 0.4) is 0 Å². The van der Waals surface area contributed by atoms with Gasteiger partial charge in [0, 0.05) is 115 Å². The fourth-order valence-electron chi connectivity index (χ4n) is 16.5. The molecule has 4 aromatic heterocycles. The van der Waals surface area contributed by atoms with Gasteiger partial charge in [0.2, 0.25) is 11.8 Å². The van der Waals surface area contributed by atoms with Gasteiger partial charge in [-0.15, -0.1) is 5.54 Å². The number of anilines is 2. The largest absolute Gasteiger partial charge is 0.508 e. The number of piperidine rings is 1. The van der Waals surface area contributed by atoms with Gasteiger partial charge < -0.3 is 44.2 Å². The molecule has 3 aromatic carbocycles. The van der Waals surface area contributed by atoms with E-state index in [9.17, 15) is 24.6 Å². The van der Waals surface area contributed by atoms with Gasteiger partial charge in [-0.05, 0) is 117 Å². The van der Waals surface area contributed by atoms with Crippen molar-refractivity contribution in [3.63, 3.8) is 0 Å². The molecule has 5 fully saturated rings. The minimum Gasteiger partial charge on any atom is -0.508 e. The molecule has 101 heavy (non-hydrogen) atoms. The van der Waals surface area contributed by atoms with Crippen molar-refractivity contribution in [2.24, 2.45) is 13.0 Å². The number of nitrogens with one attached hydrogen (secondary N) is 1. The summed E-state index contributed by atoms with van der Waals surface area (Å²) in [7, 11) is -0.500. The molecule has 0 aliphatic carbocycles. The Kier molecular flexibility index (Phi) is 21.0. The highest BCUT2D eigenvalue weighted by molar-refractivity contribution is 6.90. The maximum atomic E-state index is 18.0. The second-order valence-electron chi connectivity index (χ2n) is 30.9. The number of aromatic hydroxyl groups is 1. The molecule has 6 atom stereocenters. The van der Waals surface area contributed by atoms with Gasteiger partial charge in [-0.1, -0.05) is 96.8 Å². The van der Waals surface area contributed by atoms with Crippen molar-refractivity contribution >= 4 is 59.3 Å². The first-order valence-corrected chi connectivity index (χ1v) is 38.2. The first-order valence-electron chi connectivity index (χ1n) is 36.0. The number of piperazine rings is 2. The number of β-amino-alcohol motifs (C(OH)–C–C–N with tert-alkyl or cyclic N) is 1. The number of aryl methyl sites for hydroxylation is 1. The Balaban J connectivity index is 0.698. The number of hydrogen-bond acceptors (Lipinski definition) is 17. The lowest BCUT2D eigenvalue weighted by molar-refractivity contribution is -0.141. The zero-order valence-electron chi connectivity index (χ0n) is 60.6. The lowest BCUT2D eigenvalue weighted by Crippen LogP contribution is -2.57. The summed E-state index contributed by atoms with van der Waals surface area (Å²) in [6.45, 7) is 29.1. The van der Waals surface area contributed by atoms with Crippen LogP contribution >= 0.6 is 0 Å². The fraction of sp³-hybridized carbons (Fsp3) is 0.553. The lowest BCUT2D eigenvalue weighted by atomic mass is 9.91. The number of halogens is 3. The van der Waals surface area contributed by atoms with Crippen LogP contribution in [0.2, 0.25) is 16.6 Å². The van der Waals surface area contributed by atoms with Crippen LogP contribution in [0.1, 0.15) is 144 Å². The van der Waals surface area contributed by atoms with Crippen molar-refractivity contribution in [1.82, 2.24) is 54.8 Å². The quantitative estimate of drug-likeness (QED) is 0.0505. The van der Waals surface area contributed by atoms with Crippen LogP contribution in [0.4, 0.5) is 29.6 Å². The summed E-state index contributed by atoms with van der Waals surface area (Å²) in [6, 6.07) is 15.6. The number of aromatic nitrogens is 6. The molecule has 25 heteroatoms. The number of aliphatic hydroxyl groups is 1. The minimum atomic E-state index is -2.38. The number of hydrogen-bond donors (Lipinski definition) is 3. The number of alkyl halides is 1. The number of likely N-dealkylation sites (tertiary alicyclic amines) is 2. The molecule has 0 saturated carbocycles. The molecule has 540 valence electrons. The minimum absolute atomic E-state index is 0.0117. The summed E-state index contributed by atoms with van der Waals surface area (Å²) in [4.78, 5) is 68.2. The van der Waals surface area contributed by atoms with Crippen molar-refractivity contribution in [2.45, 2.75) is 179 Å². The number of carbonyl (C=O) groups excluding carboxylic acids is 3. The highest BCUT2D eigenvalue weighted by Crippen LogP contribution is 2.44. The smallest absolute Gasteiger partial charge is 0.410 e. The number of fused-ring (bicyclic) bond motifs is 4. The van der Waals surface area contributed by atoms with Crippen LogP contribution in [-0.4, -0.2) is 200 Å². The predicted octanol–water partition coefficient (Wildman–Crippen LogP) is 12.0. The van der Waals surface area contributed by atoms with E-state index in [1.165, 1.54) is 29.3 Å². The number of phenols is 1. The molecule has 0 spiro atoms. The molecule has 7 aromatic rings. The van der Waals surface area contributed by atoms with Crippen molar-refractivity contribution in [3.8, 4) is 45.7 Å². The summed E-state index contributed by atoms with van der Waals surface area (Å²) in [6.07, 6.45) is 4.17. The predicted molar refractivity (Wildman–Crippen MR) is 386 cm³/mol. The fourth-order valence-corrected chi connectivity index (χ4v) is 21.7. The average molecular weight is 1410 g/mol. The Morgan fingerprint density at radius 1 is 0.842 bits per heavy atom. The Hall–Kier alpha value is -8.31. The van der Waals surface area contributed by atoms with Crippen LogP contribution in [0, 0.1) is 29.0 Å². The van der Waals surface area contributed by atoms with E-state index in [1.807, 2.05) is 88.7 Å². The number of pyridine rings is 1. The molecular weight excluding hydrogens is 1310 g/mol. The first-order chi connectivity index (χ1) is 48.0. The standard InChI is InChI=1S/C76H98F3N13O8Si/c1-45(2)65(72(96)91-43-56(94)38-62(91)71(95)82-49(9)50-14-16-51(17-15-50)61-22-26-81-86(61)13)63-39-64(85-100-63)89-31-29-88(30-32-89)44-76(79)24-27-87(28-25-76)33-34-98-73-83-69-59(70(84-73)90-41-53-19-20-54(42-90)92(53)74(97)99-75(10,11)12)40-80-68(67(69)78)58-37-55(93)36-52-18-21-60(77)57(66(52)58)23-35-101(46(3)4,47(5)6)48(7)8/h14-18,21-22,26,36-37,39-40,45-49,53-54,56,62,65,93-94H,19-20,24-25,27-34,38,41-44H2,1-13H3,(H,82,95)/t49-,53?,54?,56+,62-,65+/m0/s1. The Morgan fingerprint density at radius 3 is 2.16 bits per heavy atom. The second kappa shape index (κ2) is 29.2. The summed E-state index contributed by atoms with van der Waals surface area (Å²) < 4.78 is 71.3. The van der Waals surface area contributed by atoms with Gasteiger partial charge in [0.15, 0.2) is 17.4 Å². The maximum absolute atomic E-state index is 18.0. The molecule has 21 nitrogen and oxygen atoms in total. The van der Waals surface area contributed by atoms with Crippen LogP contribution < -0.4 is 19.9 Å². The third-order valence-corrected chi connectivity index (χ3v) is 28.0. The number of ether oxygens (including phenoxy) is 2. The van der Waals surface area contributed by atoms with Crippen molar-refractivity contribution in [3.05, 3.63) is 102 Å². The Morgan fingerprint density at radius 2 is 1.52 bits per heavy atom. The van der Waals surface area contributed by atoms with E-state index in [2.05, 4.69) is 83.3 Å². The van der Waals surface area contributed by atoms with Crippen LogP contribution in [0.15, 0.2) is 77.6 Å². The van der Waals surface area contributed by atoms with Crippen molar-refractivity contribution in [2.75, 3.05) is 88.4 Å². The topological polar surface area (TPSA) is 224 Å². The molecule has 2 unspecified atom stereocenters. The third kappa shape index (κ3) is 15.0. The SMILES string of the molecule is CC(C)[C@@H](C(=O)N1C[C@H](O)C[C@H]1C(=O)N[C@@H](C)c1ccc(-c2ccnn2C)cc1)c1cc(N2CCN(CC3(F)CCN(CCOc4nc(N5CC6CCC(C5)N6C(=O)OC(C)(C)C)c5cnc(-c6cc(O)cc7ccc(F)c(C#C[Si](C(C)C)(C(C)C)C(C)C)c67)c(F)c5n4)CC3)CC2)no1. The van der Waals surface area contributed by atoms with Gasteiger partial charge >= 0.3 is 12.1 Å². The first kappa shape index (κ1) is 72.5. The van der Waals surface area contributed by atoms with Crippen LogP contribution in [0.5, 0.6) is 11.8 Å². The van der Waals surface area contributed by atoms with E-state index in [1.54, 1.807) is 23.0 Å². The number of phenolic OH excluding ortho intramolecular Hbond substituents is 1. The Labute approximate surface area is 591 Å². The van der Waals surface area contributed by atoms with Crippen molar-refractivity contribution in [1.29, 1.82) is 0 Å². The molecule has 3 N–H and O–H groups in total. The third-order valence-electron chi connectivity index (χ3n) is 21.7. The molecular formula is C76H98F3N13O8Si. The van der Waals surface area contributed by atoms with Gasteiger partial charge in [0.1, 0.15) is 66.5 Å². The maximum Gasteiger partial charge on any atom is 0.410 e. The monoisotopic (exact) mass is 1410 g/mol. The van der Waals surface area contributed by atoms with Crippen molar-refractivity contribution < 1.29 is 51.8 Å². The molecule has 5 saturated heterocycles. The van der Waals surface area contributed by atoms with Gasteiger partial charge in [0.05, 0.1) is 40.9 Å². The lowest BCUT2D eigenvalue weighted by Gasteiger charge is -2.42. The van der Waals surface area contributed by atoms with Crippen LogP contribution in [-0.2, 0) is 21.4 Å². The summed E-state index contributed by atoms with van der Waals surface area (Å²) in [5, 5.41) is 34.9. The summed E-state index contributed by atoms with van der Waals surface area (Å²) in [5.41, 5.74) is 5.14. The van der Waals surface area contributed by atoms with Gasteiger partial charge in [-0.25, -0.2) is 18.0 Å². The number of nitrogens with zero attached hydrogens (tertiary/aromatic N) is 12. The molecule has 2 bridgehead atoms. The van der Waals surface area contributed by atoms with Gasteiger partial charge in [0.25, 0.3) is 0 Å². The van der Waals surface area contributed by atoms with Crippen LogP contribution in [0.25, 0.3) is 44.2 Å². The van der Waals surface area contributed by atoms with Gasteiger partial charge in [-0.3, -0.25) is 34.0 Å². The molecule has 3 amide bonds. The number of amides is 3. The van der Waals surface area contributed by atoms with E-state index in [0.717, 1.165) is 29.7 Å². The molecule has 5 aliphatic heterocycles. The molecule has 5 aliphatic rings. The zero-order chi connectivity index (χ0) is 72.1. The molecule has 9 heterocycles. The van der Waals surface area contributed by atoms with E-state index in [0.29, 0.717) is 105 Å². The van der Waals surface area contributed by atoms with E-state index in [-0.39, 0.29) is 119 Å². The average Bonchev–Trinajstić information content (AvgIpc) is 0.929. The summed E-state index contributed by atoms with van der Waals surface area (Å²) >= 11 is 0. The molecule has 12 rings (SSSR count). The second-order valence-corrected chi connectivity index (χ2v) is 36.4. The molecule has 0 radical (unpaired) electrons. The highest BCUT2D eigenvalue weighted by Gasteiger charge is 2.48. The van der Waals surface area contributed by atoms with E-state index < -0.39 is 49.0 Å². The number of benzene rings is 3. The number of carbonyl (C=O) groups is 3. The normalized spacial score (nSPS) is 20.6. The zero-order valence-corrected chi connectivity index (χ0v) is 61.6. The number of aliphatic hydroxyl groups excluding tert-OH is 1. The number of rotatable bonds is 19. The Bertz CT molecular complexity index is 4210. The highest BCUT2D eigenvalue weighted by atomic mass is 28.3.